The highest BCUT2D eigenvalue weighted by Gasteiger charge is 2.51. The molecule has 21 heavy (non-hydrogen) atoms. The van der Waals surface area contributed by atoms with Gasteiger partial charge in [-0.1, -0.05) is 6.42 Å². The molecule has 1 amide bonds. The van der Waals surface area contributed by atoms with E-state index in [4.69, 9.17) is 0 Å². The first-order valence-corrected chi connectivity index (χ1v) is 9.20. The number of carbonyl (C=O) groups is 1. The van der Waals surface area contributed by atoms with Crippen LogP contribution < -0.4 is 5.32 Å². The lowest BCUT2D eigenvalue weighted by atomic mass is 9.53. The predicted molar refractivity (Wildman–Crippen MR) is 83.9 cm³/mol. The van der Waals surface area contributed by atoms with Crippen LogP contribution in [0.2, 0.25) is 0 Å². The van der Waals surface area contributed by atoms with Crippen molar-refractivity contribution in [2.24, 2.45) is 17.8 Å². The van der Waals surface area contributed by atoms with Crippen molar-refractivity contribution in [3.8, 4) is 0 Å². The Labute approximate surface area is 128 Å². The molecule has 1 heterocycles. The van der Waals surface area contributed by atoms with Gasteiger partial charge in [-0.2, -0.15) is 0 Å². The van der Waals surface area contributed by atoms with Crippen LogP contribution in [0.1, 0.15) is 64.7 Å². The number of piperidine rings is 1. The summed E-state index contributed by atoms with van der Waals surface area (Å²) in [5.41, 5.74) is 0.176. The lowest BCUT2D eigenvalue weighted by Crippen LogP contribution is -2.62. The molecule has 4 bridgehead atoms. The van der Waals surface area contributed by atoms with Crippen molar-refractivity contribution < 1.29 is 4.79 Å². The molecule has 0 radical (unpaired) electrons. The quantitative estimate of drug-likeness (QED) is 0.867. The summed E-state index contributed by atoms with van der Waals surface area (Å²) < 4.78 is 0. The van der Waals surface area contributed by atoms with Crippen LogP contribution in [0.5, 0.6) is 0 Å². The summed E-state index contributed by atoms with van der Waals surface area (Å²) in [5, 5.41) is 3.54. The van der Waals surface area contributed by atoms with Gasteiger partial charge >= 0.3 is 0 Å². The lowest BCUT2D eigenvalue weighted by molar-refractivity contribution is -0.132. The molecule has 0 aromatic rings. The number of nitrogens with one attached hydrogen (secondary N) is 1. The predicted octanol–water partition coefficient (Wildman–Crippen LogP) is 2.95. The molecule has 0 aromatic carbocycles. The minimum atomic E-state index is 0.0679. The first kappa shape index (κ1) is 14.0. The van der Waals surface area contributed by atoms with Gasteiger partial charge in [-0.25, -0.2) is 0 Å². The highest BCUT2D eigenvalue weighted by atomic mass is 16.2. The van der Waals surface area contributed by atoms with Gasteiger partial charge in [0.1, 0.15) is 0 Å². The van der Waals surface area contributed by atoms with E-state index in [1.807, 2.05) is 0 Å². The van der Waals surface area contributed by atoms with Crippen LogP contribution in [0.3, 0.4) is 0 Å². The molecule has 3 heteroatoms. The Balaban J connectivity index is 1.42. The van der Waals surface area contributed by atoms with Crippen LogP contribution in [-0.4, -0.2) is 35.5 Å². The van der Waals surface area contributed by atoms with Crippen molar-refractivity contribution in [1.29, 1.82) is 0 Å². The third kappa shape index (κ3) is 2.62. The van der Waals surface area contributed by atoms with E-state index >= 15 is 0 Å². The number of likely N-dealkylation sites (tertiary alicyclic amines) is 1. The van der Waals surface area contributed by atoms with Crippen LogP contribution in [0.25, 0.3) is 0 Å². The summed E-state index contributed by atoms with van der Waals surface area (Å²) in [6.07, 6.45) is 12.0. The fraction of sp³-hybridized carbons (Fsp3) is 0.944. The maximum Gasteiger partial charge on any atom is 0.237 e. The minimum absolute atomic E-state index is 0.0679. The van der Waals surface area contributed by atoms with Crippen molar-refractivity contribution in [3.05, 3.63) is 0 Å². The summed E-state index contributed by atoms with van der Waals surface area (Å²) >= 11 is 0. The molecular weight excluding hydrogens is 260 g/mol. The SMILES string of the molecule is C[C@H](C(=O)NC12CC3CC(CC(C3)C1)C2)N1CCCCC1. The zero-order valence-corrected chi connectivity index (χ0v) is 13.4. The molecule has 0 aromatic heterocycles. The largest absolute Gasteiger partial charge is 0.349 e. The topological polar surface area (TPSA) is 32.3 Å². The van der Waals surface area contributed by atoms with Crippen molar-refractivity contribution >= 4 is 5.91 Å². The van der Waals surface area contributed by atoms with Crippen LogP contribution in [0.4, 0.5) is 0 Å². The number of rotatable bonds is 3. The van der Waals surface area contributed by atoms with E-state index in [-0.39, 0.29) is 11.6 Å². The maximum absolute atomic E-state index is 12.8. The van der Waals surface area contributed by atoms with Crippen LogP contribution in [-0.2, 0) is 4.79 Å². The second-order valence-corrected chi connectivity index (χ2v) is 8.46. The van der Waals surface area contributed by atoms with Crippen LogP contribution in [0, 0.1) is 17.8 Å². The van der Waals surface area contributed by atoms with Crippen LogP contribution in [0.15, 0.2) is 0 Å². The average Bonchev–Trinajstić information content (AvgIpc) is 2.45. The van der Waals surface area contributed by atoms with E-state index in [0.29, 0.717) is 5.91 Å². The van der Waals surface area contributed by atoms with Crippen molar-refractivity contribution in [2.45, 2.75) is 76.3 Å². The van der Waals surface area contributed by atoms with Crippen LogP contribution >= 0.6 is 0 Å². The van der Waals surface area contributed by atoms with E-state index in [2.05, 4.69) is 17.1 Å². The molecule has 118 valence electrons. The fourth-order valence-electron chi connectivity index (χ4n) is 6.10. The smallest absolute Gasteiger partial charge is 0.237 e. The number of carbonyl (C=O) groups excluding carboxylic acids is 1. The molecule has 4 saturated carbocycles. The molecule has 5 rings (SSSR count). The summed E-state index contributed by atoms with van der Waals surface area (Å²) in [6.45, 7) is 4.33. The average molecular weight is 290 g/mol. The molecule has 0 spiro atoms. The molecule has 3 nitrogen and oxygen atoms in total. The second kappa shape index (κ2) is 5.26. The van der Waals surface area contributed by atoms with Gasteiger partial charge in [0, 0.05) is 5.54 Å². The van der Waals surface area contributed by atoms with Gasteiger partial charge in [-0.05, 0) is 89.1 Å². The fourth-order valence-corrected chi connectivity index (χ4v) is 6.10. The van der Waals surface area contributed by atoms with Gasteiger partial charge < -0.3 is 5.32 Å². The lowest BCUT2D eigenvalue weighted by Gasteiger charge is -2.57. The van der Waals surface area contributed by atoms with Gasteiger partial charge in [0.15, 0.2) is 0 Å². The second-order valence-electron chi connectivity index (χ2n) is 8.46. The van der Waals surface area contributed by atoms with Crippen molar-refractivity contribution in [3.63, 3.8) is 0 Å². The number of hydrogen-bond acceptors (Lipinski definition) is 2. The normalized spacial score (nSPS) is 43.8. The zero-order chi connectivity index (χ0) is 14.4. The molecule has 5 fully saturated rings. The van der Waals surface area contributed by atoms with Gasteiger partial charge in [0.2, 0.25) is 5.91 Å². The Morgan fingerprint density at radius 1 is 1.00 bits per heavy atom. The molecular formula is C18H30N2O. The number of hydrogen-bond donors (Lipinski definition) is 1. The van der Waals surface area contributed by atoms with Crippen molar-refractivity contribution in [1.82, 2.24) is 10.2 Å². The van der Waals surface area contributed by atoms with Gasteiger partial charge in [-0.15, -0.1) is 0 Å². The highest BCUT2D eigenvalue weighted by Crippen LogP contribution is 2.55. The molecule has 0 unspecified atom stereocenters. The van der Waals surface area contributed by atoms with Gasteiger partial charge in [-0.3, -0.25) is 9.69 Å². The third-order valence-electron chi connectivity index (χ3n) is 6.74. The molecule has 1 saturated heterocycles. The van der Waals surface area contributed by atoms with Gasteiger partial charge in [0.05, 0.1) is 6.04 Å². The van der Waals surface area contributed by atoms with Gasteiger partial charge in [0.25, 0.3) is 0 Å². The number of amides is 1. The third-order valence-corrected chi connectivity index (χ3v) is 6.74. The van der Waals surface area contributed by atoms with E-state index in [0.717, 1.165) is 30.8 Å². The van der Waals surface area contributed by atoms with E-state index < -0.39 is 0 Å². The Morgan fingerprint density at radius 3 is 2.05 bits per heavy atom. The summed E-state index contributed by atoms with van der Waals surface area (Å²) in [5.74, 6) is 3.02. The molecule has 4 aliphatic carbocycles. The zero-order valence-electron chi connectivity index (χ0n) is 13.4. The summed E-state index contributed by atoms with van der Waals surface area (Å²) in [4.78, 5) is 15.2. The van der Waals surface area contributed by atoms with Crippen molar-refractivity contribution in [2.75, 3.05) is 13.1 Å². The molecule has 1 aliphatic heterocycles. The summed E-state index contributed by atoms with van der Waals surface area (Å²) in [6, 6.07) is 0.0679. The Bertz CT molecular complexity index is 378. The minimum Gasteiger partial charge on any atom is -0.349 e. The van der Waals surface area contributed by atoms with E-state index in [9.17, 15) is 4.79 Å². The van der Waals surface area contributed by atoms with E-state index in [1.165, 1.54) is 57.8 Å². The Hall–Kier alpha value is -0.570. The first-order chi connectivity index (χ1) is 10.1. The summed E-state index contributed by atoms with van der Waals surface area (Å²) in [7, 11) is 0. The Morgan fingerprint density at radius 2 is 1.52 bits per heavy atom. The molecule has 1 N–H and O–H groups in total. The maximum atomic E-state index is 12.8. The standard InChI is InChI=1S/C18H30N2O/c1-13(20-5-3-2-4-6-20)17(21)19-18-10-14-7-15(11-18)9-16(8-14)12-18/h13-16H,2-12H2,1H3,(H,19,21)/t13-,14?,15?,16?,18?/m1/s1. The number of nitrogens with zero attached hydrogens (tertiary/aromatic N) is 1. The molecule has 5 aliphatic rings. The monoisotopic (exact) mass is 290 g/mol. The highest BCUT2D eigenvalue weighted by molar-refractivity contribution is 5.82. The Kier molecular flexibility index (Phi) is 3.52. The molecule has 1 atom stereocenters. The first-order valence-electron chi connectivity index (χ1n) is 9.20. The van der Waals surface area contributed by atoms with E-state index in [1.54, 1.807) is 0 Å².